The largest absolute Gasteiger partial charge is 0.430 e. The summed E-state index contributed by atoms with van der Waals surface area (Å²) in [5.74, 6) is 0.110. The molecular weight excluding hydrogens is 444 g/mol. The number of nitrogens with zero attached hydrogens (tertiary/aromatic N) is 1. The Hall–Kier alpha value is -1.92. The number of aliphatic hydroxyl groups is 1. The lowest BCUT2D eigenvalue weighted by molar-refractivity contribution is -0.376. The van der Waals surface area contributed by atoms with Gasteiger partial charge >= 0.3 is 12.4 Å². The lowest BCUT2D eigenvalue weighted by Gasteiger charge is -2.35. The van der Waals surface area contributed by atoms with Crippen molar-refractivity contribution in [2.24, 2.45) is 0 Å². The minimum absolute atomic E-state index is 0.0168. The maximum absolute atomic E-state index is 13.1. The van der Waals surface area contributed by atoms with Crippen LogP contribution in [0.1, 0.15) is 5.56 Å². The molecule has 1 N–H and O–H groups in total. The van der Waals surface area contributed by atoms with Crippen LogP contribution in [-0.4, -0.2) is 38.2 Å². The minimum Gasteiger partial charge on any atom is -0.369 e. The summed E-state index contributed by atoms with van der Waals surface area (Å²) in [6, 6.07) is 9.06. The van der Waals surface area contributed by atoms with Gasteiger partial charge in [-0.25, -0.2) is 8.42 Å². The predicted octanol–water partition coefficient (Wildman–Crippen LogP) is 4.30. The summed E-state index contributed by atoms with van der Waals surface area (Å²) in [6.45, 7) is -0.0168. The summed E-state index contributed by atoms with van der Waals surface area (Å²) in [6.07, 6.45) is -12.0. The summed E-state index contributed by atoms with van der Waals surface area (Å²) in [7, 11) is -4.07. The van der Waals surface area contributed by atoms with Gasteiger partial charge in [-0.1, -0.05) is 24.3 Å². The first-order chi connectivity index (χ1) is 13.3. The predicted molar refractivity (Wildman–Crippen MR) is 94.1 cm³/mol. The second kappa shape index (κ2) is 7.10. The fraction of sp³-hybridized carbons (Fsp3) is 0.294. The van der Waals surface area contributed by atoms with E-state index in [1.165, 1.54) is 24.3 Å². The number of anilines is 1. The highest BCUT2D eigenvalue weighted by molar-refractivity contribution is 8.00. The number of halogens is 6. The van der Waals surface area contributed by atoms with Gasteiger partial charge in [0, 0.05) is 22.8 Å². The number of fused-ring (bicyclic) bond motifs is 1. The molecule has 0 radical (unpaired) electrons. The summed E-state index contributed by atoms with van der Waals surface area (Å²) in [4.78, 5) is -0.177. The number of alkyl halides is 6. The second-order valence-electron chi connectivity index (χ2n) is 6.13. The zero-order chi connectivity index (χ0) is 21.7. The van der Waals surface area contributed by atoms with Gasteiger partial charge in [0.2, 0.25) is 0 Å². The molecule has 158 valence electrons. The van der Waals surface area contributed by atoms with Crippen molar-refractivity contribution in [3.63, 3.8) is 0 Å². The number of sulfonamides is 1. The molecule has 0 aromatic heterocycles. The van der Waals surface area contributed by atoms with E-state index < -0.39 is 33.5 Å². The van der Waals surface area contributed by atoms with Crippen LogP contribution in [0, 0.1) is 0 Å². The number of benzene rings is 2. The maximum atomic E-state index is 13.1. The number of rotatable bonds is 3. The Kier molecular flexibility index (Phi) is 5.33. The van der Waals surface area contributed by atoms with Crippen molar-refractivity contribution in [2.75, 3.05) is 16.6 Å². The van der Waals surface area contributed by atoms with E-state index in [4.69, 9.17) is 0 Å². The summed E-state index contributed by atoms with van der Waals surface area (Å²) >= 11 is 0.903. The Morgan fingerprint density at radius 2 is 1.52 bits per heavy atom. The monoisotopic (exact) mass is 457 g/mol. The average Bonchev–Trinajstić information content (AvgIpc) is 2.65. The van der Waals surface area contributed by atoms with Crippen LogP contribution in [0.4, 0.5) is 32.0 Å². The van der Waals surface area contributed by atoms with Crippen LogP contribution in [0.5, 0.6) is 0 Å². The smallest absolute Gasteiger partial charge is 0.369 e. The van der Waals surface area contributed by atoms with Crippen molar-refractivity contribution in [2.45, 2.75) is 27.7 Å². The zero-order valence-electron chi connectivity index (χ0n) is 14.3. The van der Waals surface area contributed by atoms with Crippen LogP contribution in [0.25, 0.3) is 0 Å². The molecule has 0 spiro atoms. The molecule has 1 heterocycles. The van der Waals surface area contributed by atoms with E-state index in [1.807, 2.05) is 0 Å². The lowest BCUT2D eigenvalue weighted by atomic mass is 9.92. The standard InChI is InChI=1S/C17H13F6NO3S2/c18-16(19,20)15(25,17(21,22)23)11-6-7-13-14(10-11)28-9-8-24(13)29(26,27)12-4-2-1-3-5-12/h1-7,10,25H,8-9H2. The summed E-state index contributed by atoms with van der Waals surface area (Å²) in [5.41, 5.74) is -6.56. The van der Waals surface area contributed by atoms with Gasteiger partial charge in [0.15, 0.2) is 0 Å². The Labute approximate surface area is 166 Å². The van der Waals surface area contributed by atoms with Crippen molar-refractivity contribution < 1.29 is 39.9 Å². The SMILES string of the molecule is O=S(=O)(c1ccccc1)N1CCSc2cc(C(O)(C(F)(F)F)C(F)(F)F)ccc21. The lowest BCUT2D eigenvalue weighted by Crippen LogP contribution is -2.54. The number of thioether (sulfide) groups is 1. The van der Waals surface area contributed by atoms with Crippen molar-refractivity contribution in [1.29, 1.82) is 0 Å². The van der Waals surface area contributed by atoms with Crippen LogP contribution in [0.3, 0.4) is 0 Å². The van der Waals surface area contributed by atoms with E-state index in [2.05, 4.69) is 0 Å². The van der Waals surface area contributed by atoms with Gasteiger partial charge in [0.05, 0.1) is 10.6 Å². The van der Waals surface area contributed by atoms with Crippen molar-refractivity contribution in [3.05, 3.63) is 54.1 Å². The number of hydrogen-bond acceptors (Lipinski definition) is 4. The van der Waals surface area contributed by atoms with Crippen LogP contribution in [-0.2, 0) is 15.6 Å². The highest BCUT2D eigenvalue weighted by Crippen LogP contribution is 2.51. The van der Waals surface area contributed by atoms with E-state index in [0.29, 0.717) is 12.1 Å². The average molecular weight is 457 g/mol. The second-order valence-corrected chi connectivity index (χ2v) is 9.13. The number of hydrogen-bond donors (Lipinski definition) is 1. The molecule has 0 fully saturated rings. The Balaban J connectivity index is 2.11. The van der Waals surface area contributed by atoms with Gasteiger partial charge in [-0.3, -0.25) is 4.31 Å². The van der Waals surface area contributed by atoms with Crippen molar-refractivity contribution in [1.82, 2.24) is 0 Å². The van der Waals surface area contributed by atoms with E-state index in [1.54, 1.807) is 6.07 Å². The fourth-order valence-corrected chi connectivity index (χ4v) is 5.59. The molecule has 2 aromatic rings. The molecule has 0 atom stereocenters. The first-order valence-corrected chi connectivity index (χ1v) is 10.4. The molecule has 0 saturated heterocycles. The summed E-state index contributed by atoms with van der Waals surface area (Å²) < 4.78 is 105. The quantitative estimate of drug-likeness (QED) is 0.699. The third-order valence-corrected chi connectivity index (χ3v) is 7.20. The molecule has 2 aromatic carbocycles. The molecule has 1 aliphatic rings. The molecule has 0 aliphatic carbocycles. The van der Waals surface area contributed by atoms with Crippen LogP contribution in [0.15, 0.2) is 58.3 Å². The molecule has 4 nitrogen and oxygen atoms in total. The van der Waals surface area contributed by atoms with Gasteiger partial charge in [0.1, 0.15) is 0 Å². The van der Waals surface area contributed by atoms with Crippen molar-refractivity contribution in [3.8, 4) is 0 Å². The normalized spacial score (nSPS) is 15.9. The Bertz CT molecular complexity index is 992. The van der Waals surface area contributed by atoms with Crippen molar-refractivity contribution >= 4 is 27.5 Å². The molecule has 1 aliphatic heterocycles. The highest BCUT2D eigenvalue weighted by Gasteiger charge is 2.71. The van der Waals surface area contributed by atoms with E-state index in [0.717, 1.165) is 22.1 Å². The summed E-state index contributed by atoms with van der Waals surface area (Å²) in [5, 5.41) is 9.57. The Morgan fingerprint density at radius 3 is 2.07 bits per heavy atom. The molecule has 0 bridgehead atoms. The van der Waals surface area contributed by atoms with Gasteiger partial charge in [-0.15, -0.1) is 11.8 Å². The van der Waals surface area contributed by atoms with Gasteiger partial charge in [-0.05, 0) is 24.3 Å². The Morgan fingerprint density at radius 1 is 0.931 bits per heavy atom. The van der Waals surface area contributed by atoms with E-state index in [-0.39, 0.29) is 27.8 Å². The maximum Gasteiger partial charge on any atom is 0.430 e. The molecule has 0 amide bonds. The molecule has 29 heavy (non-hydrogen) atoms. The zero-order valence-corrected chi connectivity index (χ0v) is 16.0. The third-order valence-electron chi connectivity index (χ3n) is 4.35. The van der Waals surface area contributed by atoms with E-state index >= 15 is 0 Å². The molecule has 3 rings (SSSR count). The van der Waals surface area contributed by atoms with Gasteiger partial charge < -0.3 is 5.11 Å². The first-order valence-electron chi connectivity index (χ1n) is 8.01. The third kappa shape index (κ3) is 3.57. The van der Waals surface area contributed by atoms with Crippen LogP contribution in [0.2, 0.25) is 0 Å². The van der Waals surface area contributed by atoms with Gasteiger partial charge in [0.25, 0.3) is 15.6 Å². The minimum atomic E-state index is -6.02. The van der Waals surface area contributed by atoms with E-state index in [9.17, 15) is 39.9 Å². The molecule has 0 unspecified atom stereocenters. The molecular formula is C17H13F6NO3S2. The van der Waals surface area contributed by atoms with Gasteiger partial charge in [-0.2, -0.15) is 26.3 Å². The highest BCUT2D eigenvalue weighted by atomic mass is 32.2. The van der Waals surface area contributed by atoms with Crippen LogP contribution >= 0.6 is 11.8 Å². The topological polar surface area (TPSA) is 57.6 Å². The van der Waals surface area contributed by atoms with Crippen LogP contribution < -0.4 is 4.31 Å². The molecule has 0 saturated carbocycles. The first kappa shape index (κ1) is 21.8. The molecule has 12 heteroatoms. The fourth-order valence-electron chi connectivity index (χ4n) is 2.88.